The highest BCUT2D eigenvalue weighted by Crippen LogP contribution is 2.34. The maximum atomic E-state index is 10.8. The van der Waals surface area contributed by atoms with Gasteiger partial charge in [-0.05, 0) is 22.0 Å². The third kappa shape index (κ3) is 1.26. The molecule has 2 aromatic rings. The summed E-state index contributed by atoms with van der Waals surface area (Å²) in [5, 5.41) is 9.67. The zero-order valence-corrected chi connectivity index (χ0v) is 9.35. The highest BCUT2D eigenvalue weighted by atomic mass is 79.9. The number of nitrogens with zero attached hydrogens (tertiary/aromatic N) is 1. The second-order valence-electron chi connectivity index (χ2n) is 2.69. The van der Waals surface area contributed by atoms with Crippen LogP contribution in [0.25, 0.3) is 10.1 Å². The van der Waals surface area contributed by atoms with Crippen LogP contribution in [0.2, 0.25) is 0 Å². The van der Waals surface area contributed by atoms with Gasteiger partial charge in [0.05, 0.1) is 10.3 Å². The van der Waals surface area contributed by atoms with Crippen LogP contribution in [-0.2, 0) is 0 Å². The van der Waals surface area contributed by atoms with Gasteiger partial charge >= 0.3 is 0 Å². The van der Waals surface area contributed by atoms with Crippen molar-refractivity contribution in [3.63, 3.8) is 0 Å². The van der Waals surface area contributed by atoms with Gasteiger partial charge in [0, 0.05) is 9.86 Å². The Morgan fingerprint density at radius 1 is 1.50 bits per heavy atom. The summed E-state index contributed by atoms with van der Waals surface area (Å²) in [6.07, 6.45) is 0.740. The number of hydrogen-bond acceptors (Lipinski definition) is 3. The molecule has 0 aliphatic carbocycles. The molecule has 0 unspecified atom stereocenters. The van der Waals surface area contributed by atoms with Crippen LogP contribution in [0.3, 0.4) is 0 Å². The quantitative estimate of drug-likeness (QED) is 0.742. The van der Waals surface area contributed by atoms with E-state index in [9.17, 15) is 4.79 Å². The van der Waals surface area contributed by atoms with Crippen LogP contribution in [0.5, 0.6) is 0 Å². The number of benzene rings is 1. The first-order valence-electron chi connectivity index (χ1n) is 3.84. The Bertz CT molecular complexity index is 553. The van der Waals surface area contributed by atoms with E-state index in [0.29, 0.717) is 10.4 Å². The van der Waals surface area contributed by atoms with Crippen LogP contribution in [0.1, 0.15) is 15.2 Å². The number of carbonyl (C=O) groups excluding carboxylic acids is 1. The zero-order valence-electron chi connectivity index (χ0n) is 6.95. The Balaban J connectivity index is 2.95. The lowest BCUT2D eigenvalue weighted by Gasteiger charge is -1.91. The molecule has 1 aromatic heterocycles. The molecule has 0 aliphatic heterocycles. The van der Waals surface area contributed by atoms with Gasteiger partial charge in [0.25, 0.3) is 0 Å². The molecule has 0 atom stereocenters. The molecule has 1 heterocycles. The zero-order chi connectivity index (χ0) is 10.1. The van der Waals surface area contributed by atoms with Crippen LogP contribution in [0.4, 0.5) is 0 Å². The minimum Gasteiger partial charge on any atom is -0.298 e. The highest BCUT2D eigenvalue weighted by Gasteiger charge is 2.12. The van der Waals surface area contributed by atoms with E-state index in [1.165, 1.54) is 11.3 Å². The second kappa shape index (κ2) is 3.52. The first-order valence-corrected chi connectivity index (χ1v) is 5.45. The van der Waals surface area contributed by atoms with E-state index >= 15 is 0 Å². The Kier molecular flexibility index (Phi) is 2.36. The van der Waals surface area contributed by atoms with Gasteiger partial charge in [-0.1, -0.05) is 12.1 Å². The lowest BCUT2D eigenvalue weighted by molar-refractivity contribution is 0.112. The van der Waals surface area contributed by atoms with Crippen LogP contribution < -0.4 is 0 Å². The van der Waals surface area contributed by atoms with Crippen molar-refractivity contribution in [3.05, 3.63) is 33.1 Å². The first kappa shape index (κ1) is 9.38. The van der Waals surface area contributed by atoms with Gasteiger partial charge in [-0.3, -0.25) is 4.79 Å². The molecule has 0 radical (unpaired) electrons. The summed E-state index contributed by atoms with van der Waals surface area (Å²) >= 11 is 4.72. The molecular weight excluding hydrogens is 262 g/mol. The molecule has 2 nitrogen and oxygen atoms in total. The summed E-state index contributed by atoms with van der Waals surface area (Å²) in [5.41, 5.74) is 0.494. The maximum Gasteiger partial charge on any atom is 0.152 e. The van der Waals surface area contributed by atoms with Gasteiger partial charge in [0.2, 0.25) is 0 Å². The number of hydrogen-bond donors (Lipinski definition) is 0. The topological polar surface area (TPSA) is 40.9 Å². The standard InChI is InChI=1S/C10H4BrNOS/c11-8-3-1-2-6-7(5-13)9(4-12)14-10(6)8/h1-3,5H. The predicted octanol–water partition coefficient (Wildman–Crippen LogP) is 3.35. The molecule has 14 heavy (non-hydrogen) atoms. The van der Waals surface area contributed by atoms with Crippen molar-refractivity contribution >= 4 is 43.6 Å². The minimum absolute atomic E-state index is 0.474. The van der Waals surface area contributed by atoms with E-state index in [1.54, 1.807) is 0 Å². The van der Waals surface area contributed by atoms with Crippen molar-refractivity contribution in [1.29, 1.82) is 5.26 Å². The average molecular weight is 266 g/mol. The molecule has 0 bridgehead atoms. The lowest BCUT2D eigenvalue weighted by Crippen LogP contribution is -1.79. The number of aldehydes is 1. The van der Waals surface area contributed by atoms with E-state index in [1.807, 2.05) is 24.3 Å². The van der Waals surface area contributed by atoms with Crippen LogP contribution >= 0.6 is 27.3 Å². The van der Waals surface area contributed by atoms with Crippen molar-refractivity contribution < 1.29 is 4.79 Å². The van der Waals surface area contributed by atoms with E-state index in [0.717, 1.165) is 20.8 Å². The van der Waals surface area contributed by atoms with Gasteiger partial charge in [-0.2, -0.15) is 5.26 Å². The molecule has 0 saturated heterocycles. The fraction of sp³-hybridized carbons (Fsp3) is 0. The number of carbonyl (C=O) groups is 1. The molecular formula is C10H4BrNOS. The Morgan fingerprint density at radius 3 is 2.93 bits per heavy atom. The SMILES string of the molecule is N#Cc1sc2c(Br)cccc2c1C=O. The fourth-order valence-corrected chi connectivity index (χ4v) is 2.88. The van der Waals surface area contributed by atoms with E-state index in [2.05, 4.69) is 15.9 Å². The second-order valence-corrected chi connectivity index (χ2v) is 4.57. The van der Waals surface area contributed by atoms with Gasteiger partial charge in [0.1, 0.15) is 10.9 Å². The first-order chi connectivity index (χ1) is 6.77. The summed E-state index contributed by atoms with van der Waals surface area (Å²) in [4.78, 5) is 11.3. The highest BCUT2D eigenvalue weighted by molar-refractivity contribution is 9.10. The van der Waals surface area contributed by atoms with Gasteiger partial charge in [-0.15, -0.1) is 11.3 Å². The molecule has 4 heteroatoms. The normalized spacial score (nSPS) is 10.0. The predicted molar refractivity (Wildman–Crippen MR) is 59.6 cm³/mol. The molecule has 0 aliphatic rings. The molecule has 0 spiro atoms. The smallest absolute Gasteiger partial charge is 0.152 e. The third-order valence-electron chi connectivity index (χ3n) is 1.93. The van der Waals surface area contributed by atoms with E-state index < -0.39 is 0 Å². The molecule has 0 saturated carbocycles. The number of nitriles is 1. The van der Waals surface area contributed by atoms with Crippen molar-refractivity contribution in [2.24, 2.45) is 0 Å². The number of rotatable bonds is 1. The Hall–Kier alpha value is -1.18. The van der Waals surface area contributed by atoms with Gasteiger partial charge in [0.15, 0.2) is 6.29 Å². The van der Waals surface area contributed by atoms with E-state index in [4.69, 9.17) is 5.26 Å². The van der Waals surface area contributed by atoms with Crippen molar-refractivity contribution in [1.82, 2.24) is 0 Å². The summed E-state index contributed by atoms with van der Waals surface area (Å²) < 4.78 is 1.87. The fourth-order valence-electron chi connectivity index (χ4n) is 1.30. The van der Waals surface area contributed by atoms with Crippen molar-refractivity contribution in [2.75, 3.05) is 0 Å². The molecule has 0 N–H and O–H groups in total. The molecule has 0 fully saturated rings. The Labute approximate surface area is 92.9 Å². The van der Waals surface area contributed by atoms with Crippen molar-refractivity contribution in [3.8, 4) is 6.07 Å². The van der Waals surface area contributed by atoms with Crippen molar-refractivity contribution in [2.45, 2.75) is 0 Å². The third-order valence-corrected chi connectivity index (χ3v) is 4.01. The van der Waals surface area contributed by atoms with Gasteiger partial charge in [-0.25, -0.2) is 0 Å². The number of fused-ring (bicyclic) bond motifs is 1. The summed E-state index contributed by atoms with van der Waals surface area (Å²) in [6.45, 7) is 0. The molecule has 0 amide bonds. The molecule has 2 rings (SSSR count). The monoisotopic (exact) mass is 265 g/mol. The minimum atomic E-state index is 0.474. The summed E-state index contributed by atoms with van der Waals surface area (Å²) in [6, 6.07) is 7.63. The average Bonchev–Trinajstić information content (AvgIpc) is 2.57. The Morgan fingerprint density at radius 2 is 2.29 bits per heavy atom. The summed E-state index contributed by atoms with van der Waals surface area (Å²) in [5.74, 6) is 0. The van der Waals surface area contributed by atoms with E-state index in [-0.39, 0.29) is 0 Å². The van der Waals surface area contributed by atoms with Crippen LogP contribution in [0, 0.1) is 11.3 Å². The molecule has 1 aromatic carbocycles. The van der Waals surface area contributed by atoms with Gasteiger partial charge < -0.3 is 0 Å². The summed E-state index contributed by atoms with van der Waals surface area (Å²) in [7, 11) is 0. The molecule has 68 valence electrons. The van der Waals surface area contributed by atoms with Crippen LogP contribution in [-0.4, -0.2) is 6.29 Å². The largest absolute Gasteiger partial charge is 0.298 e. The maximum absolute atomic E-state index is 10.8. The lowest BCUT2D eigenvalue weighted by atomic mass is 10.1. The van der Waals surface area contributed by atoms with Crippen LogP contribution in [0.15, 0.2) is 22.7 Å². The number of halogens is 1. The number of thiophene rings is 1.